The Morgan fingerprint density at radius 1 is 1.24 bits per heavy atom. The lowest BCUT2D eigenvalue weighted by atomic mass is 10.1. The molecule has 0 aromatic heterocycles. The Morgan fingerprint density at radius 2 is 1.93 bits per heavy atom. The fourth-order valence-electron chi connectivity index (χ4n) is 3.97. The van der Waals surface area contributed by atoms with E-state index in [0.29, 0.717) is 17.7 Å². The maximum Gasteiger partial charge on any atom is 0.338 e. The number of hydrogen-bond donors (Lipinski definition) is 1. The van der Waals surface area contributed by atoms with Crippen LogP contribution in [-0.4, -0.2) is 43.9 Å². The summed E-state index contributed by atoms with van der Waals surface area (Å²) in [5.74, 6) is -1.50. The molecule has 6 nitrogen and oxygen atoms in total. The Kier molecular flexibility index (Phi) is 7.93. The van der Waals surface area contributed by atoms with E-state index in [1.165, 1.54) is 0 Å². The van der Waals surface area contributed by atoms with Gasteiger partial charge in [0, 0.05) is 17.5 Å². The summed E-state index contributed by atoms with van der Waals surface area (Å²) in [6.45, 7) is 8.41. The van der Waals surface area contributed by atoms with Crippen LogP contribution in [0.4, 0.5) is 0 Å². The highest BCUT2D eigenvalue weighted by Crippen LogP contribution is 2.37. The van der Waals surface area contributed by atoms with Gasteiger partial charge in [-0.15, -0.1) is 0 Å². The highest BCUT2D eigenvalue weighted by molar-refractivity contribution is 6.75. The van der Waals surface area contributed by atoms with Gasteiger partial charge in [0.1, 0.15) is 0 Å². The Bertz CT molecular complexity index is 796. The van der Waals surface area contributed by atoms with Crippen molar-refractivity contribution in [2.75, 3.05) is 6.61 Å². The lowest BCUT2D eigenvalue weighted by Crippen LogP contribution is -2.45. The molecule has 7 heteroatoms. The summed E-state index contributed by atoms with van der Waals surface area (Å²) in [4.78, 5) is 35.2. The Balaban J connectivity index is 2.27. The van der Waals surface area contributed by atoms with Crippen molar-refractivity contribution in [1.82, 2.24) is 0 Å². The van der Waals surface area contributed by atoms with Crippen molar-refractivity contribution in [1.29, 1.82) is 0 Å². The molecule has 0 fully saturated rings. The predicted molar refractivity (Wildman–Crippen MR) is 112 cm³/mol. The monoisotopic (exact) mass is 418 g/mol. The van der Waals surface area contributed by atoms with Crippen molar-refractivity contribution in [3.8, 4) is 0 Å². The number of carbonyl (C=O) groups is 3. The Morgan fingerprint density at radius 3 is 2.52 bits per heavy atom. The van der Waals surface area contributed by atoms with Crippen LogP contribution in [0.25, 0.3) is 0 Å². The van der Waals surface area contributed by atoms with E-state index in [0.717, 1.165) is 17.7 Å². The second-order valence-electron chi connectivity index (χ2n) is 7.39. The Labute approximate surface area is 173 Å². The number of carbonyl (C=O) groups excluding carboxylic acids is 2. The van der Waals surface area contributed by atoms with Crippen LogP contribution >= 0.6 is 0 Å². The molecule has 0 spiro atoms. The molecule has 1 N–H and O–H groups in total. The van der Waals surface area contributed by atoms with Gasteiger partial charge in [0.2, 0.25) is 0 Å². The molecule has 0 bridgehead atoms. The van der Waals surface area contributed by atoms with E-state index < -0.39 is 14.3 Å². The molecule has 2 rings (SSSR count). The molecule has 1 aromatic carbocycles. The summed E-state index contributed by atoms with van der Waals surface area (Å²) >= 11 is 0. The molecule has 1 aliphatic carbocycles. The van der Waals surface area contributed by atoms with Crippen molar-refractivity contribution in [2.45, 2.75) is 64.3 Å². The van der Waals surface area contributed by atoms with Crippen LogP contribution in [-0.2, 0) is 18.8 Å². The molecule has 1 aliphatic rings. The van der Waals surface area contributed by atoms with Gasteiger partial charge in [-0.25, -0.2) is 4.79 Å². The van der Waals surface area contributed by atoms with Crippen molar-refractivity contribution in [2.24, 2.45) is 0 Å². The summed E-state index contributed by atoms with van der Waals surface area (Å²) < 4.78 is 11.7. The quantitative estimate of drug-likeness (QED) is 0.451. The number of Topliss-reactive ketones (excluding diaryl/α,β-unsaturated/α-hetero) is 1. The van der Waals surface area contributed by atoms with E-state index in [-0.39, 0.29) is 36.2 Å². The van der Waals surface area contributed by atoms with Crippen LogP contribution in [0.5, 0.6) is 0 Å². The number of hydrogen-bond acceptors (Lipinski definition) is 5. The summed E-state index contributed by atoms with van der Waals surface area (Å²) in [5.41, 5.74) is 1.96. The van der Waals surface area contributed by atoms with E-state index in [1.54, 1.807) is 19.1 Å². The highest BCUT2D eigenvalue weighted by Gasteiger charge is 2.42. The van der Waals surface area contributed by atoms with Gasteiger partial charge in [-0.05, 0) is 42.8 Å². The lowest BCUT2D eigenvalue weighted by molar-refractivity contribution is -0.136. The number of carboxylic acids is 1. The zero-order valence-corrected chi connectivity index (χ0v) is 18.6. The molecule has 0 saturated carbocycles. The van der Waals surface area contributed by atoms with E-state index in [4.69, 9.17) is 14.3 Å². The molecule has 29 heavy (non-hydrogen) atoms. The van der Waals surface area contributed by atoms with Crippen LogP contribution in [0.3, 0.4) is 0 Å². The van der Waals surface area contributed by atoms with Crippen molar-refractivity contribution in [3.63, 3.8) is 0 Å². The van der Waals surface area contributed by atoms with Gasteiger partial charge < -0.3 is 14.3 Å². The fraction of sp³-hybridized carbons (Fsp3) is 0.500. The molecule has 2 atom stereocenters. The average Bonchev–Trinajstić information content (AvgIpc) is 3.04. The van der Waals surface area contributed by atoms with Gasteiger partial charge in [-0.3, -0.25) is 9.59 Å². The first-order valence-electron chi connectivity index (χ1n) is 10.2. The molecule has 0 heterocycles. The number of carboxylic acid groups (broad SMARTS) is 1. The van der Waals surface area contributed by atoms with Gasteiger partial charge in [-0.1, -0.05) is 32.9 Å². The number of ketones is 1. The van der Waals surface area contributed by atoms with Crippen LogP contribution in [0.1, 0.15) is 62.0 Å². The maximum absolute atomic E-state index is 12.2. The van der Waals surface area contributed by atoms with Gasteiger partial charge >= 0.3 is 11.9 Å². The largest absolute Gasteiger partial charge is 0.481 e. The van der Waals surface area contributed by atoms with Gasteiger partial charge in [0.25, 0.3) is 0 Å². The number of rotatable bonds is 10. The van der Waals surface area contributed by atoms with Crippen LogP contribution in [0.2, 0.25) is 12.1 Å². The smallest absolute Gasteiger partial charge is 0.338 e. The zero-order chi connectivity index (χ0) is 21.6. The SMILES string of the molecule is CCOC(=O)c1cccc(C(C)[Si](CC)(CC)OC2C=C(CC(=O)O)C(=O)C2)c1. The van der Waals surface area contributed by atoms with Crippen LogP contribution in [0.15, 0.2) is 35.9 Å². The third kappa shape index (κ3) is 5.42. The first-order chi connectivity index (χ1) is 13.8. The fourth-order valence-corrected chi connectivity index (χ4v) is 7.78. The van der Waals surface area contributed by atoms with Crippen molar-refractivity contribution < 1.29 is 28.7 Å². The van der Waals surface area contributed by atoms with Gasteiger partial charge in [0.05, 0.1) is 24.7 Å². The van der Waals surface area contributed by atoms with E-state index in [9.17, 15) is 14.4 Å². The Hall–Kier alpha value is -2.25. The predicted octanol–water partition coefficient (Wildman–Crippen LogP) is 4.25. The number of benzene rings is 1. The first kappa shape index (κ1) is 23.0. The molecule has 158 valence electrons. The number of ether oxygens (including phenoxy) is 1. The molecule has 0 saturated heterocycles. The summed E-state index contributed by atoms with van der Waals surface area (Å²) in [5, 5.41) is 8.99. The van der Waals surface area contributed by atoms with Gasteiger partial charge in [-0.2, -0.15) is 0 Å². The van der Waals surface area contributed by atoms with E-state index in [1.807, 2.05) is 18.2 Å². The first-order valence-corrected chi connectivity index (χ1v) is 12.6. The molecule has 0 aliphatic heterocycles. The maximum atomic E-state index is 12.2. The molecule has 0 amide bonds. The standard InChI is InChI=1S/C22H30O6Si/c1-5-27-22(26)17-10-8-9-16(11-17)15(4)29(6-2,7-3)28-19-12-18(13-21(24)25)20(23)14-19/h8-12,15,19H,5-7,13-14H2,1-4H3,(H,24,25). The van der Waals surface area contributed by atoms with Crippen LogP contribution in [0, 0.1) is 0 Å². The highest BCUT2D eigenvalue weighted by atomic mass is 28.4. The van der Waals surface area contributed by atoms with Crippen molar-refractivity contribution >= 4 is 26.0 Å². The second kappa shape index (κ2) is 9.98. The van der Waals surface area contributed by atoms with Gasteiger partial charge in [0.15, 0.2) is 14.1 Å². The van der Waals surface area contributed by atoms with Crippen LogP contribution < -0.4 is 0 Å². The third-order valence-electron chi connectivity index (χ3n) is 5.74. The number of aliphatic carboxylic acids is 1. The normalized spacial score (nSPS) is 17.7. The number of esters is 1. The molecule has 1 aromatic rings. The second-order valence-corrected chi connectivity index (χ2v) is 12.0. The minimum absolute atomic E-state index is 0.0962. The molecule has 2 unspecified atom stereocenters. The zero-order valence-electron chi connectivity index (χ0n) is 17.6. The summed E-state index contributed by atoms with van der Waals surface area (Å²) in [6, 6.07) is 9.15. The topological polar surface area (TPSA) is 89.9 Å². The minimum atomic E-state index is -2.32. The molecular formula is C22H30O6Si. The lowest BCUT2D eigenvalue weighted by Gasteiger charge is -2.37. The minimum Gasteiger partial charge on any atom is -0.481 e. The third-order valence-corrected chi connectivity index (χ3v) is 10.8. The molecule has 0 radical (unpaired) electrons. The van der Waals surface area contributed by atoms with E-state index >= 15 is 0 Å². The van der Waals surface area contributed by atoms with E-state index in [2.05, 4.69) is 20.8 Å². The summed E-state index contributed by atoms with van der Waals surface area (Å²) in [6.07, 6.45) is 1.25. The molecular weight excluding hydrogens is 388 g/mol. The van der Waals surface area contributed by atoms with Crippen molar-refractivity contribution in [3.05, 3.63) is 47.0 Å². The average molecular weight is 419 g/mol. The summed E-state index contributed by atoms with van der Waals surface area (Å²) in [7, 11) is -2.32.